The number of ether oxygens (including phenoxy) is 6. The van der Waals surface area contributed by atoms with Crippen LogP contribution in [-0.4, -0.2) is 70.8 Å². The van der Waals surface area contributed by atoms with Crippen molar-refractivity contribution in [3.63, 3.8) is 0 Å². The summed E-state index contributed by atoms with van der Waals surface area (Å²) < 4.78 is 35.1. The number of nitrogens with two attached hydrogens (primary N) is 1. The molecule has 2 aliphatic heterocycles. The van der Waals surface area contributed by atoms with Gasteiger partial charge in [-0.1, -0.05) is 0 Å². The molecule has 12 heteroatoms. The molecule has 32 heavy (non-hydrogen) atoms. The molecule has 2 saturated heterocycles. The number of methoxy groups -OCH3 is 1. The number of nitrogen functional groups attached to an aromatic ring is 1. The summed E-state index contributed by atoms with van der Waals surface area (Å²) in [6.45, 7) is 4.92. The largest absolute Gasteiger partial charge is 0.508 e. The van der Waals surface area contributed by atoms with Gasteiger partial charge in [0.2, 0.25) is 5.60 Å². The van der Waals surface area contributed by atoms with Gasteiger partial charge < -0.3 is 34.2 Å². The Bertz CT molecular complexity index is 1050. The predicted octanol–water partition coefficient (Wildman–Crippen LogP) is 1.35. The van der Waals surface area contributed by atoms with Gasteiger partial charge >= 0.3 is 6.16 Å². The first-order valence-corrected chi connectivity index (χ1v) is 10.0. The molecule has 2 aromatic heterocycles. The van der Waals surface area contributed by atoms with Gasteiger partial charge in [0.1, 0.15) is 48.9 Å². The molecule has 0 unspecified atom stereocenters. The number of nitrogens with zero attached hydrogens (tertiary/aromatic N) is 4. The molecule has 172 valence electrons. The second kappa shape index (κ2) is 8.18. The van der Waals surface area contributed by atoms with Crippen molar-refractivity contribution in [2.75, 3.05) is 26.1 Å². The topological polar surface area (TPSA) is 152 Å². The quantitative estimate of drug-likeness (QED) is 0.639. The van der Waals surface area contributed by atoms with Crippen LogP contribution < -0.4 is 5.73 Å². The van der Waals surface area contributed by atoms with Crippen molar-refractivity contribution < 1.29 is 33.2 Å². The summed E-state index contributed by atoms with van der Waals surface area (Å²) in [6.07, 6.45) is -2.37. The van der Waals surface area contributed by atoms with Crippen LogP contribution in [0.5, 0.6) is 0 Å². The lowest BCUT2D eigenvalue weighted by Crippen LogP contribution is -2.46. The molecule has 0 aromatic carbocycles. The van der Waals surface area contributed by atoms with E-state index in [1.165, 1.54) is 13.4 Å². The summed E-state index contributed by atoms with van der Waals surface area (Å²) in [5.41, 5.74) is 5.49. The molecule has 5 atom stereocenters. The highest BCUT2D eigenvalue weighted by molar-refractivity contribution is 5.65. The number of hydrogen-bond donors (Lipinski definition) is 1. The van der Waals surface area contributed by atoms with E-state index >= 15 is 0 Å². The molecular formula is C20H25N5O7. The van der Waals surface area contributed by atoms with Crippen molar-refractivity contribution in [3.05, 3.63) is 24.2 Å². The van der Waals surface area contributed by atoms with Gasteiger partial charge in [-0.15, -0.1) is 0 Å². The maximum Gasteiger partial charge on any atom is 0.508 e. The maximum atomic E-state index is 12.1. The molecule has 4 rings (SSSR count). The standard InChI is InChI=1S/C20H25N5O7/c1-11(7-27-4)29-18(26)28-9-20(8-21)16-15(30-19(2,3)32-16)14(31-20)12-5-6-13-17(22)23-10-24-25(12)13/h5-6,10-11,14-16H,7,9H2,1-4H3,(H2,22,23,24)/t11-,14+,15+,16+,20-/m1/s1. The second-order valence-electron chi connectivity index (χ2n) is 8.18. The molecule has 0 bridgehead atoms. The minimum absolute atomic E-state index is 0.208. The van der Waals surface area contributed by atoms with Crippen LogP contribution in [0, 0.1) is 11.3 Å². The Morgan fingerprint density at radius 3 is 2.88 bits per heavy atom. The van der Waals surface area contributed by atoms with E-state index < -0.39 is 48.6 Å². The lowest BCUT2D eigenvalue weighted by atomic mass is 9.96. The zero-order chi connectivity index (χ0) is 23.1. The third-order valence-electron chi connectivity index (χ3n) is 5.32. The lowest BCUT2D eigenvalue weighted by molar-refractivity contribution is -0.206. The number of fused-ring (bicyclic) bond motifs is 2. The van der Waals surface area contributed by atoms with Crippen molar-refractivity contribution in [2.45, 2.75) is 56.6 Å². The fourth-order valence-electron chi connectivity index (χ4n) is 4.02. The first kappa shape index (κ1) is 22.2. The van der Waals surface area contributed by atoms with E-state index in [0.29, 0.717) is 17.0 Å². The van der Waals surface area contributed by atoms with Gasteiger partial charge in [0.15, 0.2) is 11.6 Å². The zero-order valence-electron chi connectivity index (χ0n) is 18.2. The molecule has 2 fully saturated rings. The molecule has 0 aliphatic carbocycles. The summed E-state index contributed by atoms with van der Waals surface area (Å²) in [7, 11) is 1.49. The normalized spacial score (nSPS) is 29.4. The van der Waals surface area contributed by atoms with Gasteiger partial charge in [-0.05, 0) is 32.9 Å². The van der Waals surface area contributed by atoms with E-state index in [-0.39, 0.29) is 6.61 Å². The fourth-order valence-corrected chi connectivity index (χ4v) is 4.02. The van der Waals surface area contributed by atoms with Crippen molar-refractivity contribution in [1.29, 1.82) is 5.26 Å². The van der Waals surface area contributed by atoms with E-state index in [1.54, 1.807) is 37.4 Å². The number of nitriles is 1. The number of carbonyl (C=O) groups is 1. The zero-order valence-corrected chi connectivity index (χ0v) is 18.2. The third-order valence-corrected chi connectivity index (χ3v) is 5.32. The SMILES string of the molecule is COC[C@@H](C)OC(=O)OC[C@@]1(C#N)O[C@@H](c2ccc3c(N)ncnn23)[C@@H]2OC(C)(C)O[C@@H]21. The lowest BCUT2D eigenvalue weighted by Gasteiger charge is -2.28. The van der Waals surface area contributed by atoms with Crippen LogP contribution in [0.15, 0.2) is 18.5 Å². The number of anilines is 1. The van der Waals surface area contributed by atoms with Gasteiger partial charge in [-0.2, -0.15) is 10.4 Å². The highest BCUT2D eigenvalue weighted by Crippen LogP contribution is 2.50. The molecule has 4 heterocycles. The van der Waals surface area contributed by atoms with Crippen LogP contribution >= 0.6 is 0 Å². The number of rotatable bonds is 6. The molecule has 2 aromatic rings. The predicted molar refractivity (Wildman–Crippen MR) is 107 cm³/mol. The smallest absolute Gasteiger partial charge is 0.430 e. The molecule has 12 nitrogen and oxygen atoms in total. The summed E-state index contributed by atoms with van der Waals surface area (Å²) >= 11 is 0. The van der Waals surface area contributed by atoms with Gasteiger partial charge in [0, 0.05) is 7.11 Å². The summed E-state index contributed by atoms with van der Waals surface area (Å²) in [6, 6.07) is 5.64. The average molecular weight is 447 g/mol. The molecule has 0 radical (unpaired) electrons. The van der Waals surface area contributed by atoms with Crippen LogP contribution in [0.4, 0.5) is 10.6 Å². The average Bonchev–Trinajstić information content (AvgIpc) is 3.38. The Kier molecular flexibility index (Phi) is 5.68. The second-order valence-corrected chi connectivity index (χ2v) is 8.18. The van der Waals surface area contributed by atoms with Crippen molar-refractivity contribution in [3.8, 4) is 6.07 Å². The molecule has 0 saturated carbocycles. The minimum Gasteiger partial charge on any atom is -0.430 e. The van der Waals surface area contributed by atoms with Gasteiger partial charge in [0.25, 0.3) is 0 Å². The van der Waals surface area contributed by atoms with Crippen LogP contribution in [-0.2, 0) is 28.4 Å². The number of aromatic nitrogens is 3. The Labute approximate surface area is 184 Å². The summed E-state index contributed by atoms with van der Waals surface area (Å²) in [5.74, 6) is -0.680. The minimum atomic E-state index is -1.63. The molecule has 2 N–H and O–H groups in total. The van der Waals surface area contributed by atoms with E-state index in [2.05, 4.69) is 16.2 Å². The van der Waals surface area contributed by atoms with Crippen LogP contribution in [0.3, 0.4) is 0 Å². The first-order chi connectivity index (χ1) is 15.2. The Hall–Kier alpha value is -2.98. The molecule has 0 spiro atoms. The number of carbonyl (C=O) groups excluding carboxylic acids is 1. The van der Waals surface area contributed by atoms with Gasteiger partial charge in [-0.25, -0.2) is 14.3 Å². The van der Waals surface area contributed by atoms with Crippen molar-refractivity contribution in [1.82, 2.24) is 14.6 Å². The molecule has 2 aliphatic rings. The highest BCUT2D eigenvalue weighted by atomic mass is 16.8. The number of hydrogen-bond acceptors (Lipinski definition) is 11. The maximum absolute atomic E-state index is 12.1. The summed E-state index contributed by atoms with van der Waals surface area (Å²) in [5, 5.41) is 14.3. The molecular weight excluding hydrogens is 422 g/mol. The van der Waals surface area contributed by atoms with Crippen LogP contribution in [0.25, 0.3) is 5.52 Å². The van der Waals surface area contributed by atoms with E-state index in [1.807, 2.05) is 0 Å². The van der Waals surface area contributed by atoms with Crippen LogP contribution in [0.1, 0.15) is 32.6 Å². The van der Waals surface area contributed by atoms with E-state index in [0.717, 1.165) is 0 Å². The van der Waals surface area contributed by atoms with E-state index in [4.69, 9.17) is 34.2 Å². The Balaban J connectivity index is 1.61. The highest BCUT2D eigenvalue weighted by Gasteiger charge is 2.65. The third kappa shape index (κ3) is 3.84. The Morgan fingerprint density at radius 1 is 1.38 bits per heavy atom. The Morgan fingerprint density at radius 2 is 2.16 bits per heavy atom. The van der Waals surface area contributed by atoms with E-state index in [9.17, 15) is 10.1 Å². The van der Waals surface area contributed by atoms with Crippen molar-refractivity contribution in [2.24, 2.45) is 0 Å². The molecule has 0 amide bonds. The van der Waals surface area contributed by atoms with Gasteiger partial charge in [-0.3, -0.25) is 0 Å². The van der Waals surface area contributed by atoms with Crippen LogP contribution in [0.2, 0.25) is 0 Å². The monoisotopic (exact) mass is 447 g/mol. The fraction of sp³-hybridized carbons (Fsp3) is 0.600. The summed E-state index contributed by atoms with van der Waals surface area (Å²) in [4.78, 5) is 16.1. The van der Waals surface area contributed by atoms with Gasteiger partial charge in [0.05, 0.1) is 12.3 Å². The van der Waals surface area contributed by atoms with Crippen molar-refractivity contribution >= 4 is 17.5 Å². The first-order valence-electron chi connectivity index (χ1n) is 10.0.